The minimum Gasteiger partial charge on any atom is -0.490 e. The van der Waals surface area contributed by atoms with Crippen LogP contribution in [0.4, 0.5) is 5.69 Å². The van der Waals surface area contributed by atoms with Crippen molar-refractivity contribution in [3.8, 4) is 5.75 Å². The summed E-state index contributed by atoms with van der Waals surface area (Å²) in [6.45, 7) is 4.87. The summed E-state index contributed by atoms with van der Waals surface area (Å²) in [4.78, 5) is 31.4. The number of fused-ring (bicyclic) bond motifs is 1. The Bertz CT molecular complexity index is 772. The molecular formula is C17H18N2O4S. The zero-order chi connectivity index (χ0) is 17.1. The summed E-state index contributed by atoms with van der Waals surface area (Å²) in [5.41, 5.74) is 3.47. The summed E-state index contributed by atoms with van der Waals surface area (Å²) in [5, 5.41) is 0. The number of thiazole rings is 1. The molecule has 0 aliphatic carbocycles. The van der Waals surface area contributed by atoms with Gasteiger partial charge in [0.1, 0.15) is 17.2 Å². The molecule has 6 nitrogen and oxygen atoms in total. The number of carbonyl (C=O) groups is 2. The molecule has 0 unspecified atom stereocenters. The Kier molecular flexibility index (Phi) is 4.80. The fourth-order valence-electron chi connectivity index (χ4n) is 2.59. The van der Waals surface area contributed by atoms with Crippen molar-refractivity contribution in [2.75, 3.05) is 24.7 Å². The number of anilines is 1. The molecule has 126 valence electrons. The molecule has 1 amide bonds. The van der Waals surface area contributed by atoms with E-state index in [1.165, 1.54) is 11.3 Å². The van der Waals surface area contributed by atoms with Crippen LogP contribution in [-0.2, 0) is 11.2 Å². The molecular weight excluding hydrogens is 328 g/mol. The molecule has 7 heteroatoms. The predicted molar refractivity (Wildman–Crippen MR) is 91.1 cm³/mol. The van der Waals surface area contributed by atoms with Gasteiger partial charge in [-0.1, -0.05) is 6.92 Å². The monoisotopic (exact) mass is 346 g/mol. The van der Waals surface area contributed by atoms with E-state index in [9.17, 15) is 9.59 Å². The number of carbonyl (C=O) groups excluding carboxylic acids is 2. The highest BCUT2D eigenvalue weighted by Gasteiger charge is 2.28. The number of hydrogen-bond acceptors (Lipinski definition) is 6. The molecule has 1 aliphatic rings. The first-order chi connectivity index (χ1) is 11.7. The van der Waals surface area contributed by atoms with Crippen LogP contribution in [0.3, 0.4) is 0 Å². The SMILES string of the molecule is CCOC(=O)c1ccc2c(c1)N(C(=O)c1scnc1CC)CCO2. The number of ether oxygens (including phenoxy) is 2. The average Bonchev–Trinajstić information content (AvgIpc) is 3.09. The van der Waals surface area contributed by atoms with Gasteiger partial charge in [-0.15, -0.1) is 11.3 Å². The van der Waals surface area contributed by atoms with Gasteiger partial charge < -0.3 is 14.4 Å². The van der Waals surface area contributed by atoms with Crippen LogP contribution in [0.2, 0.25) is 0 Å². The quantitative estimate of drug-likeness (QED) is 0.796. The Labute approximate surface area is 144 Å². The number of esters is 1. The summed E-state index contributed by atoms with van der Waals surface area (Å²) < 4.78 is 10.6. The fourth-order valence-corrected chi connectivity index (χ4v) is 3.42. The molecule has 0 spiro atoms. The minimum atomic E-state index is -0.412. The van der Waals surface area contributed by atoms with Crippen LogP contribution in [0.15, 0.2) is 23.7 Å². The van der Waals surface area contributed by atoms with Crippen LogP contribution < -0.4 is 9.64 Å². The molecule has 0 N–H and O–H groups in total. The second-order valence-corrected chi connectivity index (χ2v) is 6.04. The van der Waals surface area contributed by atoms with Crippen LogP contribution in [0.1, 0.15) is 39.6 Å². The average molecular weight is 346 g/mol. The lowest BCUT2D eigenvalue weighted by Crippen LogP contribution is -2.38. The molecule has 1 aromatic carbocycles. The van der Waals surface area contributed by atoms with E-state index in [1.54, 1.807) is 35.5 Å². The zero-order valence-corrected chi connectivity index (χ0v) is 14.4. The number of nitrogens with zero attached hydrogens (tertiary/aromatic N) is 2. The van der Waals surface area contributed by atoms with Crippen LogP contribution in [0, 0.1) is 0 Å². The van der Waals surface area contributed by atoms with Crippen molar-refractivity contribution in [2.45, 2.75) is 20.3 Å². The summed E-state index contributed by atoms with van der Waals surface area (Å²) in [6.07, 6.45) is 0.699. The molecule has 0 atom stereocenters. The van der Waals surface area contributed by atoms with Gasteiger partial charge in [0, 0.05) is 0 Å². The summed E-state index contributed by atoms with van der Waals surface area (Å²) in [7, 11) is 0. The minimum absolute atomic E-state index is 0.111. The number of rotatable bonds is 4. The number of amides is 1. The lowest BCUT2D eigenvalue weighted by atomic mass is 10.1. The molecule has 0 saturated heterocycles. The molecule has 1 aromatic heterocycles. The van der Waals surface area contributed by atoms with Crippen LogP contribution in [-0.4, -0.2) is 36.6 Å². The fraction of sp³-hybridized carbons (Fsp3) is 0.353. The van der Waals surface area contributed by atoms with Crippen molar-refractivity contribution in [1.82, 2.24) is 4.98 Å². The van der Waals surface area contributed by atoms with E-state index in [0.29, 0.717) is 48.1 Å². The first-order valence-corrected chi connectivity index (χ1v) is 8.71. The largest absolute Gasteiger partial charge is 0.490 e. The Balaban J connectivity index is 1.97. The Morgan fingerprint density at radius 1 is 1.38 bits per heavy atom. The van der Waals surface area contributed by atoms with Gasteiger partial charge in [-0.3, -0.25) is 4.79 Å². The Hall–Kier alpha value is -2.41. The van der Waals surface area contributed by atoms with E-state index in [4.69, 9.17) is 9.47 Å². The highest BCUT2D eigenvalue weighted by atomic mass is 32.1. The van der Waals surface area contributed by atoms with Crippen molar-refractivity contribution in [2.24, 2.45) is 0 Å². The van der Waals surface area contributed by atoms with Crippen molar-refractivity contribution < 1.29 is 19.1 Å². The lowest BCUT2D eigenvalue weighted by molar-refractivity contribution is 0.0526. The molecule has 2 aromatic rings. The highest BCUT2D eigenvalue weighted by molar-refractivity contribution is 7.12. The number of aryl methyl sites for hydroxylation is 1. The topological polar surface area (TPSA) is 68.7 Å². The van der Waals surface area contributed by atoms with Crippen molar-refractivity contribution in [1.29, 1.82) is 0 Å². The molecule has 2 heterocycles. The summed E-state index contributed by atoms with van der Waals surface area (Å²) in [6, 6.07) is 5.00. The summed E-state index contributed by atoms with van der Waals surface area (Å²) >= 11 is 1.33. The maximum Gasteiger partial charge on any atom is 0.338 e. The van der Waals surface area contributed by atoms with E-state index >= 15 is 0 Å². The van der Waals surface area contributed by atoms with E-state index < -0.39 is 5.97 Å². The molecule has 0 radical (unpaired) electrons. The van der Waals surface area contributed by atoms with Crippen molar-refractivity contribution in [3.63, 3.8) is 0 Å². The van der Waals surface area contributed by atoms with Gasteiger partial charge in [-0.25, -0.2) is 9.78 Å². The molecule has 1 aliphatic heterocycles. The van der Waals surface area contributed by atoms with E-state index in [-0.39, 0.29) is 5.91 Å². The van der Waals surface area contributed by atoms with Crippen LogP contribution in [0.5, 0.6) is 5.75 Å². The van der Waals surface area contributed by atoms with E-state index in [2.05, 4.69) is 4.98 Å². The predicted octanol–water partition coefficient (Wildman–Crippen LogP) is 2.92. The highest BCUT2D eigenvalue weighted by Crippen LogP contribution is 2.34. The van der Waals surface area contributed by atoms with Gasteiger partial charge in [0.25, 0.3) is 5.91 Å². The maximum atomic E-state index is 12.9. The van der Waals surface area contributed by atoms with Gasteiger partial charge in [-0.05, 0) is 31.5 Å². The first-order valence-electron chi connectivity index (χ1n) is 7.83. The molecule has 0 bridgehead atoms. The van der Waals surface area contributed by atoms with Crippen molar-refractivity contribution in [3.05, 3.63) is 39.8 Å². The molecule has 0 saturated carbocycles. The smallest absolute Gasteiger partial charge is 0.338 e. The van der Waals surface area contributed by atoms with Gasteiger partial charge in [0.15, 0.2) is 0 Å². The van der Waals surface area contributed by atoms with Crippen LogP contribution >= 0.6 is 11.3 Å². The lowest BCUT2D eigenvalue weighted by Gasteiger charge is -2.29. The molecule has 0 fully saturated rings. The molecule has 24 heavy (non-hydrogen) atoms. The van der Waals surface area contributed by atoms with E-state index in [1.807, 2.05) is 6.92 Å². The standard InChI is InChI=1S/C17H18N2O4S/c1-3-12-15(24-10-18-12)16(20)19-7-8-23-14-6-5-11(9-13(14)19)17(21)22-4-2/h5-6,9-10H,3-4,7-8H2,1-2H3. The summed E-state index contributed by atoms with van der Waals surface area (Å²) in [5.74, 6) is 0.0652. The second kappa shape index (κ2) is 7.00. The third-order valence-corrected chi connectivity index (χ3v) is 4.61. The number of hydrogen-bond donors (Lipinski definition) is 0. The third-order valence-electron chi connectivity index (χ3n) is 3.75. The Morgan fingerprint density at radius 2 is 2.21 bits per heavy atom. The van der Waals surface area contributed by atoms with Gasteiger partial charge >= 0.3 is 5.97 Å². The maximum absolute atomic E-state index is 12.9. The zero-order valence-electron chi connectivity index (χ0n) is 13.6. The van der Waals surface area contributed by atoms with Gasteiger partial charge in [0.05, 0.1) is 35.6 Å². The normalized spacial score (nSPS) is 13.2. The number of aromatic nitrogens is 1. The second-order valence-electron chi connectivity index (χ2n) is 5.19. The van der Waals surface area contributed by atoms with Crippen molar-refractivity contribution >= 4 is 28.9 Å². The first kappa shape index (κ1) is 16.4. The van der Waals surface area contributed by atoms with Crippen LogP contribution in [0.25, 0.3) is 0 Å². The molecule has 3 rings (SSSR count). The third kappa shape index (κ3) is 2.99. The number of benzene rings is 1. The van der Waals surface area contributed by atoms with E-state index in [0.717, 1.165) is 5.69 Å². The van der Waals surface area contributed by atoms with Gasteiger partial charge in [0.2, 0.25) is 0 Å². The van der Waals surface area contributed by atoms with Gasteiger partial charge in [-0.2, -0.15) is 0 Å². The Morgan fingerprint density at radius 3 is 2.96 bits per heavy atom.